The van der Waals surface area contributed by atoms with E-state index in [2.05, 4.69) is 56.2 Å². The lowest BCUT2D eigenvalue weighted by molar-refractivity contribution is 0.309. The van der Waals surface area contributed by atoms with Gasteiger partial charge in [0.05, 0.1) is 0 Å². The van der Waals surface area contributed by atoms with Crippen LogP contribution in [-0.4, -0.2) is 41.0 Å². The van der Waals surface area contributed by atoms with Crippen LogP contribution in [0, 0.1) is 18.8 Å². The number of hydrogen-bond donors (Lipinski definition) is 0. The van der Waals surface area contributed by atoms with Crippen molar-refractivity contribution in [3.63, 3.8) is 0 Å². The van der Waals surface area contributed by atoms with Crippen LogP contribution in [0.5, 0.6) is 0 Å². The average molecular weight is 294 g/mol. The van der Waals surface area contributed by atoms with Gasteiger partial charge in [-0.1, -0.05) is 30.3 Å². The van der Waals surface area contributed by atoms with E-state index in [0.717, 1.165) is 43.0 Å². The molecular weight excluding hydrogens is 272 g/mol. The summed E-state index contributed by atoms with van der Waals surface area (Å²) in [5, 5.41) is 0. The number of rotatable bonds is 3. The third-order valence-electron chi connectivity index (χ3n) is 4.92. The first kappa shape index (κ1) is 13.7. The van der Waals surface area contributed by atoms with Gasteiger partial charge in [0.1, 0.15) is 12.1 Å². The molecule has 1 aromatic heterocycles. The number of hydrogen-bond acceptors (Lipinski definition) is 4. The van der Waals surface area contributed by atoms with Crippen molar-refractivity contribution in [2.75, 3.05) is 31.1 Å². The molecule has 2 aliphatic rings. The van der Waals surface area contributed by atoms with Crippen molar-refractivity contribution >= 4 is 5.82 Å². The molecule has 0 radical (unpaired) electrons. The van der Waals surface area contributed by atoms with E-state index in [1.54, 1.807) is 6.33 Å². The van der Waals surface area contributed by atoms with Gasteiger partial charge in [-0.05, 0) is 24.3 Å². The van der Waals surface area contributed by atoms with E-state index in [1.165, 1.54) is 18.7 Å². The van der Waals surface area contributed by atoms with Crippen LogP contribution in [0.1, 0.15) is 11.3 Å². The van der Waals surface area contributed by atoms with Crippen molar-refractivity contribution in [3.8, 4) is 0 Å². The zero-order valence-corrected chi connectivity index (χ0v) is 13.0. The molecule has 0 N–H and O–H groups in total. The maximum absolute atomic E-state index is 4.44. The molecule has 22 heavy (non-hydrogen) atoms. The molecule has 2 saturated heterocycles. The number of nitrogens with zero attached hydrogens (tertiary/aromatic N) is 4. The SMILES string of the molecule is Cc1cc(N2CC3CN(Cc4ccccc4)CC3C2)ncn1. The molecule has 0 saturated carbocycles. The van der Waals surface area contributed by atoms with Gasteiger partial charge in [-0.3, -0.25) is 4.90 Å². The molecule has 0 aliphatic carbocycles. The van der Waals surface area contributed by atoms with Gasteiger partial charge in [0, 0.05) is 44.5 Å². The third kappa shape index (κ3) is 2.71. The topological polar surface area (TPSA) is 32.3 Å². The van der Waals surface area contributed by atoms with Crippen LogP contribution >= 0.6 is 0 Å². The van der Waals surface area contributed by atoms with Crippen LogP contribution in [-0.2, 0) is 6.54 Å². The van der Waals surface area contributed by atoms with Gasteiger partial charge in [-0.15, -0.1) is 0 Å². The second-order valence-electron chi connectivity index (χ2n) is 6.62. The monoisotopic (exact) mass is 294 g/mol. The standard InChI is InChI=1S/C18H22N4/c1-14-7-18(20-13-19-14)22-11-16-9-21(10-17(16)12-22)8-15-5-3-2-4-6-15/h2-7,13,16-17H,8-12H2,1H3. The normalized spacial score (nSPS) is 24.7. The van der Waals surface area contributed by atoms with E-state index in [-0.39, 0.29) is 0 Å². The van der Waals surface area contributed by atoms with Crippen molar-refractivity contribution in [2.45, 2.75) is 13.5 Å². The average Bonchev–Trinajstić information content (AvgIpc) is 3.06. The van der Waals surface area contributed by atoms with Gasteiger partial charge in [0.15, 0.2) is 0 Å². The fraction of sp³-hybridized carbons (Fsp3) is 0.444. The number of aryl methyl sites for hydroxylation is 1. The number of likely N-dealkylation sites (tertiary alicyclic amines) is 1. The summed E-state index contributed by atoms with van der Waals surface area (Å²) in [5.74, 6) is 2.65. The van der Waals surface area contributed by atoms with Crippen molar-refractivity contribution in [1.82, 2.24) is 14.9 Å². The highest BCUT2D eigenvalue weighted by Gasteiger charge is 2.40. The van der Waals surface area contributed by atoms with Crippen molar-refractivity contribution in [2.24, 2.45) is 11.8 Å². The Morgan fingerprint density at radius 2 is 1.73 bits per heavy atom. The summed E-state index contributed by atoms with van der Waals surface area (Å²) in [5.41, 5.74) is 2.47. The minimum atomic E-state index is 0.777. The third-order valence-corrected chi connectivity index (χ3v) is 4.92. The molecule has 114 valence electrons. The molecule has 4 heteroatoms. The first-order chi connectivity index (χ1) is 10.8. The Bertz CT molecular complexity index is 629. The highest BCUT2D eigenvalue weighted by molar-refractivity contribution is 5.40. The Balaban J connectivity index is 1.38. The second-order valence-corrected chi connectivity index (χ2v) is 6.62. The van der Waals surface area contributed by atoms with Gasteiger partial charge >= 0.3 is 0 Å². The number of fused-ring (bicyclic) bond motifs is 1. The molecule has 1 aromatic carbocycles. The zero-order chi connectivity index (χ0) is 14.9. The quantitative estimate of drug-likeness (QED) is 0.870. The maximum atomic E-state index is 4.44. The Labute approximate surface area is 131 Å². The summed E-state index contributed by atoms with van der Waals surface area (Å²) in [6, 6.07) is 12.9. The molecule has 0 amide bonds. The summed E-state index contributed by atoms with van der Waals surface area (Å²) < 4.78 is 0. The number of benzene rings is 1. The maximum Gasteiger partial charge on any atom is 0.132 e. The first-order valence-corrected chi connectivity index (χ1v) is 8.08. The van der Waals surface area contributed by atoms with Gasteiger partial charge < -0.3 is 4.90 Å². The van der Waals surface area contributed by atoms with Gasteiger partial charge in [-0.25, -0.2) is 9.97 Å². The molecule has 2 aliphatic heterocycles. The molecule has 2 fully saturated rings. The lowest BCUT2D eigenvalue weighted by Crippen LogP contribution is -2.29. The minimum absolute atomic E-state index is 0.777. The zero-order valence-electron chi connectivity index (χ0n) is 13.0. The fourth-order valence-corrected chi connectivity index (χ4v) is 3.86. The molecule has 2 aromatic rings. The molecule has 2 atom stereocenters. The van der Waals surface area contributed by atoms with Crippen LogP contribution in [0.3, 0.4) is 0 Å². The molecule has 2 unspecified atom stereocenters. The van der Waals surface area contributed by atoms with E-state index in [4.69, 9.17) is 0 Å². The largest absolute Gasteiger partial charge is 0.356 e. The number of anilines is 1. The predicted octanol–water partition coefficient (Wildman–Crippen LogP) is 2.35. The molecule has 0 bridgehead atoms. The molecule has 4 rings (SSSR count). The predicted molar refractivity (Wildman–Crippen MR) is 87.7 cm³/mol. The van der Waals surface area contributed by atoms with Gasteiger partial charge in [-0.2, -0.15) is 0 Å². The van der Waals surface area contributed by atoms with Crippen LogP contribution in [0.25, 0.3) is 0 Å². The Kier molecular flexibility index (Phi) is 3.54. The molecule has 3 heterocycles. The fourth-order valence-electron chi connectivity index (χ4n) is 3.86. The number of aromatic nitrogens is 2. The first-order valence-electron chi connectivity index (χ1n) is 8.08. The molecular formula is C18H22N4. The van der Waals surface area contributed by atoms with Gasteiger partial charge in [0.25, 0.3) is 0 Å². The van der Waals surface area contributed by atoms with Crippen molar-refractivity contribution < 1.29 is 0 Å². The Hall–Kier alpha value is -1.94. The Morgan fingerprint density at radius 3 is 2.41 bits per heavy atom. The lowest BCUT2D eigenvalue weighted by atomic mass is 10.0. The van der Waals surface area contributed by atoms with Crippen LogP contribution < -0.4 is 4.90 Å². The van der Waals surface area contributed by atoms with E-state index in [9.17, 15) is 0 Å². The molecule has 4 nitrogen and oxygen atoms in total. The summed E-state index contributed by atoms with van der Waals surface area (Å²) in [6.45, 7) is 7.79. The second kappa shape index (κ2) is 5.69. The van der Waals surface area contributed by atoms with Crippen LogP contribution in [0.15, 0.2) is 42.7 Å². The van der Waals surface area contributed by atoms with E-state index in [0.29, 0.717) is 0 Å². The highest BCUT2D eigenvalue weighted by atomic mass is 15.3. The van der Waals surface area contributed by atoms with Gasteiger partial charge in [0.2, 0.25) is 0 Å². The van der Waals surface area contributed by atoms with Crippen LogP contribution in [0.2, 0.25) is 0 Å². The van der Waals surface area contributed by atoms with E-state index in [1.807, 2.05) is 6.92 Å². The van der Waals surface area contributed by atoms with Crippen molar-refractivity contribution in [3.05, 3.63) is 54.0 Å². The highest BCUT2D eigenvalue weighted by Crippen LogP contribution is 2.33. The van der Waals surface area contributed by atoms with Crippen LogP contribution in [0.4, 0.5) is 5.82 Å². The summed E-state index contributed by atoms with van der Waals surface area (Å²) in [4.78, 5) is 13.7. The minimum Gasteiger partial charge on any atom is -0.356 e. The van der Waals surface area contributed by atoms with Crippen molar-refractivity contribution in [1.29, 1.82) is 0 Å². The van der Waals surface area contributed by atoms with E-state index < -0.39 is 0 Å². The smallest absolute Gasteiger partial charge is 0.132 e. The summed E-state index contributed by atoms with van der Waals surface area (Å²) >= 11 is 0. The molecule has 0 spiro atoms. The lowest BCUT2D eigenvalue weighted by Gasteiger charge is -2.22. The van der Waals surface area contributed by atoms with E-state index >= 15 is 0 Å². The summed E-state index contributed by atoms with van der Waals surface area (Å²) in [7, 11) is 0. The summed E-state index contributed by atoms with van der Waals surface area (Å²) in [6.07, 6.45) is 1.68. The Morgan fingerprint density at radius 1 is 1.00 bits per heavy atom.